The Kier molecular flexibility index (Phi) is 5.65. The number of nitrogens with one attached hydrogen (secondary N) is 1. The van der Waals surface area contributed by atoms with Gasteiger partial charge in [-0.3, -0.25) is 15.1 Å². The fourth-order valence-corrected chi connectivity index (χ4v) is 4.29. The first-order valence-corrected chi connectivity index (χ1v) is 8.70. The van der Waals surface area contributed by atoms with Crippen LogP contribution in [-0.2, 0) is 0 Å². The summed E-state index contributed by atoms with van der Waals surface area (Å²) in [5.41, 5.74) is -0.286. The van der Waals surface area contributed by atoms with E-state index < -0.39 is 0 Å². The normalized spacial score (nSPS) is 34.0. The molecule has 1 N–H and O–H groups in total. The third kappa shape index (κ3) is 3.77. The van der Waals surface area contributed by atoms with Crippen LogP contribution < -0.4 is 5.32 Å². The number of hydrogen-bond donors (Lipinski definition) is 1. The minimum absolute atomic E-state index is 0.286. The topological polar surface area (TPSA) is 42.3 Å². The molecule has 1 saturated heterocycles. The van der Waals surface area contributed by atoms with Gasteiger partial charge in [-0.1, -0.05) is 13.8 Å². The fraction of sp³-hybridized carbons (Fsp3) is 0.941. The summed E-state index contributed by atoms with van der Waals surface area (Å²) in [6.45, 7) is 13.5. The summed E-state index contributed by atoms with van der Waals surface area (Å²) < 4.78 is 0. The molecule has 1 aliphatic heterocycles. The first-order chi connectivity index (χ1) is 10.0. The van der Waals surface area contributed by atoms with Crippen LogP contribution in [0.2, 0.25) is 0 Å². The van der Waals surface area contributed by atoms with E-state index in [0.29, 0.717) is 12.1 Å². The Hall–Kier alpha value is -0.630. The molecule has 0 radical (unpaired) electrons. The zero-order valence-electron chi connectivity index (χ0n) is 14.2. The number of nitriles is 1. The lowest BCUT2D eigenvalue weighted by atomic mass is 9.98. The maximum Gasteiger partial charge on any atom is 0.108 e. The second-order valence-corrected chi connectivity index (χ2v) is 7.05. The molecule has 2 rings (SSSR count). The highest BCUT2D eigenvalue weighted by molar-refractivity contribution is 5.14. The summed E-state index contributed by atoms with van der Waals surface area (Å²) in [7, 11) is 0. The largest absolute Gasteiger partial charge is 0.300 e. The van der Waals surface area contributed by atoms with Crippen molar-refractivity contribution in [3.8, 4) is 6.07 Å². The lowest BCUT2D eigenvalue weighted by Gasteiger charge is -2.30. The summed E-state index contributed by atoms with van der Waals surface area (Å²) in [5, 5.41) is 13.1. The van der Waals surface area contributed by atoms with E-state index in [1.54, 1.807) is 0 Å². The van der Waals surface area contributed by atoms with Crippen LogP contribution in [0.15, 0.2) is 0 Å². The minimum Gasteiger partial charge on any atom is -0.300 e. The molecule has 1 saturated carbocycles. The van der Waals surface area contributed by atoms with Gasteiger partial charge in [0.05, 0.1) is 6.07 Å². The summed E-state index contributed by atoms with van der Waals surface area (Å²) in [6, 6.07) is 4.26. The molecule has 21 heavy (non-hydrogen) atoms. The van der Waals surface area contributed by atoms with Gasteiger partial charge >= 0.3 is 0 Å². The molecule has 1 aliphatic carbocycles. The van der Waals surface area contributed by atoms with E-state index in [4.69, 9.17) is 0 Å². The zero-order valence-corrected chi connectivity index (χ0v) is 14.2. The monoisotopic (exact) mass is 292 g/mol. The fourth-order valence-electron chi connectivity index (χ4n) is 4.29. The summed E-state index contributed by atoms with van der Waals surface area (Å²) in [6.07, 6.45) is 4.44. The third-order valence-electron chi connectivity index (χ3n) is 5.31. The lowest BCUT2D eigenvalue weighted by Crippen LogP contribution is -2.47. The van der Waals surface area contributed by atoms with Gasteiger partial charge in [-0.15, -0.1) is 0 Å². The van der Waals surface area contributed by atoms with Crippen molar-refractivity contribution in [1.82, 2.24) is 15.1 Å². The van der Waals surface area contributed by atoms with Crippen LogP contribution in [0.3, 0.4) is 0 Å². The van der Waals surface area contributed by atoms with Crippen molar-refractivity contribution in [3.63, 3.8) is 0 Å². The van der Waals surface area contributed by atoms with E-state index in [9.17, 15) is 5.26 Å². The standard InChI is InChI=1S/C17H32N4/c1-5-20(6-2)16-8-10-21(12-16)15-7-9-17(11-15,13-18)19-14(3)4/h14-16,19H,5-12H2,1-4H3. The highest BCUT2D eigenvalue weighted by atomic mass is 15.3. The van der Waals surface area contributed by atoms with Crippen LogP contribution in [0.5, 0.6) is 0 Å². The predicted molar refractivity (Wildman–Crippen MR) is 87.2 cm³/mol. The van der Waals surface area contributed by atoms with Crippen LogP contribution in [0.4, 0.5) is 0 Å². The van der Waals surface area contributed by atoms with E-state index in [2.05, 4.69) is 48.9 Å². The molecule has 2 aliphatic rings. The third-order valence-corrected chi connectivity index (χ3v) is 5.31. The first kappa shape index (κ1) is 16.7. The smallest absolute Gasteiger partial charge is 0.108 e. The summed E-state index contributed by atoms with van der Waals surface area (Å²) >= 11 is 0. The number of likely N-dealkylation sites (N-methyl/N-ethyl adjacent to an activating group) is 1. The highest BCUT2D eigenvalue weighted by Crippen LogP contribution is 2.35. The number of hydrogen-bond acceptors (Lipinski definition) is 4. The molecule has 0 amide bonds. The zero-order chi connectivity index (χ0) is 15.5. The molecule has 120 valence electrons. The second kappa shape index (κ2) is 7.09. The second-order valence-electron chi connectivity index (χ2n) is 7.05. The Morgan fingerprint density at radius 1 is 1.33 bits per heavy atom. The van der Waals surface area contributed by atoms with Gasteiger partial charge in [-0.25, -0.2) is 0 Å². The maximum atomic E-state index is 9.60. The van der Waals surface area contributed by atoms with Gasteiger partial charge in [0.25, 0.3) is 0 Å². The molecule has 4 heteroatoms. The molecule has 0 aromatic heterocycles. The molecular formula is C17H32N4. The van der Waals surface area contributed by atoms with Gasteiger partial charge in [0.15, 0.2) is 0 Å². The van der Waals surface area contributed by atoms with Crippen molar-refractivity contribution in [2.24, 2.45) is 0 Å². The maximum absolute atomic E-state index is 9.60. The first-order valence-electron chi connectivity index (χ1n) is 8.70. The molecule has 0 spiro atoms. The van der Waals surface area contributed by atoms with Crippen molar-refractivity contribution in [3.05, 3.63) is 0 Å². The quantitative estimate of drug-likeness (QED) is 0.815. The van der Waals surface area contributed by atoms with Crippen LogP contribution in [-0.4, -0.2) is 59.6 Å². The predicted octanol–water partition coefficient (Wildman–Crippen LogP) is 2.22. The number of rotatable bonds is 6. The number of likely N-dealkylation sites (tertiary alicyclic amines) is 1. The average molecular weight is 292 g/mol. The summed E-state index contributed by atoms with van der Waals surface area (Å²) in [5.74, 6) is 0. The van der Waals surface area contributed by atoms with Crippen molar-refractivity contribution in [2.75, 3.05) is 26.2 Å². The molecule has 1 heterocycles. The van der Waals surface area contributed by atoms with Crippen molar-refractivity contribution in [2.45, 2.75) is 77.0 Å². The summed E-state index contributed by atoms with van der Waals surface area (Å²) in [4.78, 5) is 5.23. The highest BCUT2D eigenvalue weighted by Gasteiger charge is 2.43. The lowest BCUT2D eigenvalue weighted by molar-refractivity contribution is 0.185. The molecule has 3 atom stereocenters. The molecular weight excluding hydrogens is 260 g/mol. The molecule has 4 nitrogen and oxygen atoms in total. The Morgan fingerprint density at radius 2 is 2.05 bits per heavy atom. The van der Waals surface area contributed by atoms with Crippen molar-refractivity contribution in [1.29, 1.82) is 5.26 Å². The van der Waals surface area contributed by atoms with Crippen LogP contribution >= 0.6 is 0 Å². The van der Waals surface area contributed by atoms with E-state index in [0.717, 1.165) is 38.4 Å². The van der Waals surface area contributed by atoms with Crippen LogP contribution in [0.1, 0.15) is 53.4 Å². The Labute approximate surface area is 130 Å². The molecule has 2 fully saturated rings. The molecule has 3 unspecified atom stereocenters. The van der Waals surface area contributed by atoms with Gasteiger partial charge in [0.2, 0.25) is 0 Å². The van der Waals surface area contributed by atoms with E-state index in [-0.39, 0.29) is 5.54 Å². The SMILES string of the molecule is CCN(CC)C1CCN(C2CCC(C#N)(NC(C)C)C2)C1. The van der Waals surface area contributed by atoms with Gasteiger partial charge < -0.3 is 0 Å². The minimum atomic E-state index is -0.286. The Bertz CT molecular complexity index is 371. The van der Waals surface area contributed by atoms with Gasteiger partial charge in [0.1, 0.15) is 5.54 Å². The molecule has 0 bridgehead atoms. The van der Waals surface area contributed by atoms with Crippen molar-refractivity contribution < 1.29 is 0 Å². The Morgan fingerprint density at radius 3 is 2.62 bits per heavy atom. The van der Waals surface area contributed by atoms with Crippen LogP contribution in [0, 0.1) is 11.3 Å². The number of nitrogens with zero attached hydrogens (tertiary/aromatic N) is 3. The van der Waals surface area contributed by atoms with Gasteiger partial charge in [-0.05, 0) is 52.6 Å². The van der Waals surface area contributed by atoms with Gasteiger partial charge in [-0.2, -0.15) is 5.26 Å². The van der Waals surface area contributed by atoms with Gasteiger partial charge in [0, 0.05) is 31.2 Å². The van der Waals surface area contributed by atoms with E-state index in [1.807, 2.05) is 0 Å². The van der Waals surface area contributed by atoms with E-state index in [1.165, 1.54) is 19.5 Å². The van der Waals surface area contributed by atoms with Crippen molar-refractivity contribution >= 4 is 0 Å². The molecule has 0 aromatic rings. The molecule has 0 aromatic carbocycles. The average Bonchev–Trinajstić information content (AvgIpc) is 3.07. The van der Waals surface area contributed by atoms with Crippen LogP contribution in [0.25, 0.3) is 0 Å². The van der Waals surface area contributed by atoms with E-state index >= 15 is 0 Å². The Balaban J connectivity index is 1.92.